The fraction of sp³-hybridized carbons (Fsp3) is 0.500. The maximum Gasteiger partial charge on any atom is 0.331 e. The quantitative estimate of drug-likeness (QED) is 0.565. The third kappa shape index (κ3) is 6.50. The maximum atomic E-state index is 11.9. The molecule has 0 radical (unpaired) electrons. The van der Waals surface area contributed by atoms with Crippen LogP contribution in [0.15, 0.2) is 24.3 Å². The first-order valence-electron chi connectivity index (χ1n) is 10.4. The zero-order chi connectivity index (χ0) is 21.3. The van der Waals surface area contributed by atoms with Gasteiger partial charge >= 0.3 is 12.0 Å². The molecule has 1 aliphatic heterocycles. The number of benzene rings is 1. The summed E-state index contributed by atoms with van der Waals surface area (Å²) in [5, 5.41) is 5.01. The average molecular weight is 416 g/mol. The van der Waals surface area contributed by atoms with Crippen molar-refractivity contribution in [3.63, 3.8) is 0 Å². The van der Waals surface area contributed by atoms with Gasteiger partial charge in [-0.15, -0.1) is 0 Å². The summed E-state index contributed by atoms with van der Waals surface area (Å²) in [6.07, 6.45) is 7.79. The van der Waals surface area contributed by atoms with Crippen molar-refractivity contribution in [3.05, 3.63) is 29.8 Å². The Bertz CT molecular complexity index is 807. The highest BCUT2D eigenvalue weighted by Gasteiger charge is 2.23. The second-order valence-corrected chi connectivity index (χ2v) is 7.59. The number of amides is 3. The maximum absolute atomic E-state index is 11.9. The number of esters is 1. The first-order valence-corrected chi connectivity index (χ1v) is 10.4. The molecule has 0 aromatic heterocycles. The number of carbonyl (C=O) groups is 3. The van der Waals surface area contributed by atoms with Crippen LogP contribution in [-0.4, -0.2) is 43.8 Å². The van der Waals surface area contributed by atoms with Crippen LogP contribution >= 0.6 is 0 Å². The van der Waals surface area contributed by atoms with Crippen LogP contribution in [0.3, 0.4) is 0 Å². The van der Waals surface area contributed by atoms with E-state index in [4.69, 9.17) is 14.2 Å². The number of rotatable bonds is 5. The van der Waals surface area contributed by atoms with Crippen molar-refractivity contribution >= 4 is 24.0 Å². The van der Waals surface area contributed by atoms with Crippen molar-refractivity contribution < 1.29 is 28.6 Å². The summed E-state index contributed by atoms with van der Waals surface area (Å²) in [7, 11) is 0. The molecule has 1 saturated carbocycles. The van der Waals surface area contributed by atoms with Crippen molar-refractivity contribution in [2.75, 3.05) is 19.8 Å². The van der Waals surface area contributed by atoms with E-state index in [-0.39, 0.29) is 6.04 Å². The van der Waals surface area contributed by atoms with E-state index < -0.39 is 24.5 Å². The van der Waals surface area contributed by atoms with Gasteiger partial charge in [0.2, 0.25) is 0 Å². The second kappa shape index (κ2) is 10.7. The summed E-state index contributed by atoms with van der Waals surface area (Å²) in [6.45, 7) is 2.74. The molecule has 0 spiro atoms. The Labute approximate surface area is 175 Å². The van der Waals surface area contributed by atoms with Crippen molar-refractivity contribution in [1.82, 2.24) is 10.6 Å². The van der Waals surface area contributed by atoms with Gasteiger partial charge < -0.3 is 19.5 Å². The molecule has 1 heterocycles. The number of nitrogens with one attached hydrogen (secondary N) is 2. The molecule has 0 bridgehead atoms. The standard InChI is InChI=1S/C22H28N2O6/c1-15-5-2-3-6-17(15)23-22(27)24-20(25)14-30-21(26)10-8-16-7-9-18-19(13-16)29-12-4-11-28-18/h7-10,13,15,17H,2-6,11-12,14H2,1H3,(H2,23,24,25,27)/b10-8+/t15-,17-/m0/s1. The van der Waals surface area contributed by atoms with Gasteiger partial charge in [0.05, 0.1) is 13.2 Å². The molecular weight excluding hydrogens is 388 g/mol. The summed E-state index contributed by atoms with van der Waals surface area (Å²) in [5.74, 6) is 0.324. The third-order valence-corrected chi connectivity index (χ3v) is 5.21. The SMILES string of the molecule is C[C@H]1CCCC[C@@H]1NC(=O)NC(=O)COC(=O)/C=C/c1ccc2c(c1)OCCCO2. The lowest BCUT2D eigenvalue weighted by molar-refractivity contribution is -0.143. The molecule has 162 valence electrons. The molecule has 1 aromatic rings. The first kappa shape index (κ1) is 21.7. The molecule has 8 heteroatoms. The van der Waals surface area contributed by atoms with Crippen molar-refractivity contribution in [3.8, 4) is 11.5 Å². The van der Waals surface area contributed by atoms with Gasteiger partial charge in [-0.1, -0.05) is 25.8 Å². The van der Waals surface area contributed by atoms with Crippen LogP contribution in [0.5, 0.6) is 11.5 Å². The van der Waals surface area contributed by atoms with Crippen LogP contribution in [0.2, 0.25) is 0 Å². The molecular formula is C22H28N2O6. The van der Waals surface area contributed by atoms with Crippen LogP contribution in [0, 0.1) is 5.92 Å². The van der Waals surface area contributed by atoms with Crippen molar-refractivity contribution in [2.45, 2.75) is 45.1 Å². The summed E-state index contributed by atoms with van der Waals surface area (Å²) >= 11 is 0. The Hall–Kier alpha value is -3.03. The molecule has 1 aliphatic carbocycles. The predicted octanol–water partition coefficient (Wildman–Crippen LogP) is 2.81. The van der Waals surface area contributed by atoms with Crippen LogP contribution < -0.4 is 20.1 Å². The van der Waals surface area contributed by atoms with Gasteiger partial charge in [0, 0.05) is 18.5 Å². The van der Waals surface area contributed by atoms with E-state index in [0.29, 0.717) is 30.6 Å². The Morgan fingerprint density at radius 1 is 1.10 bits per heavy atom. The lowest BCUT2D eigenvalue weighted by Gasteiger charge is -2.29. The molecule has 3 amide bonds. The monoisotopic (exact) mass is 416 g/mol. The van der Waals surface area contributed by atoms with Crippen molar-refractivity contribution in [1.29, 1.82) is 0 Å². The Kier molecular flexibility index (Phi) is 7.70. The zero-order valence-corrected chi connectivity index (χ0v) is 17.1. The van der Waals surface area contributed by atoms with Crippen LogP contribution in [0.1, 0.15) is 44.6 Å². The number of imide groups is 1. The van der Waals surface area contributed by atoms with Crippen molar-refractivity contribution in [2.24, 2.45) is 5.92 Å². The van der Waals surface area contributed by atoms with Crippen LogP contribution in [-0.2, 0) is 14.3 Å². The Morgan fingerprint density at radius 2 is 1.87 bits per heavy atom. The fourth-order valence-corrected chi connectivity index (χ4v) is 3.53. The van der Waals surface area contributed by atoms with E-state index in [1.807, 2.05) is 0 Å². The van der Waals surface area contributed by atoms with Gasteiger partial charge in [-0.25, -0.2) is 9.59 Å². The van der Waals surface area contributed by atoms with Gasteiger partial charge in [0.1, 0.15) is 0 Å². The molecule has 1 fully saturated rings. The molecule has 2 N–H and O–H groups in total. The number of ether oxygens (including phenoxy) is 3. The number of hydrogen-bond acceptors (Lipinski definition) is 6. The number of fused-ring (bicyclic) bond motifs is 1. The summed E-state index contributed by atoms with van der Waals surface area (Å²) < 4.78 is 16.1. The summed E-state index contributed by atoms with van der Waals surface area (Å²) in [6, 6.07) is 4.85. The molecule has 0 unspecified atom stereocenters. The topological polar surface area (TPSA) is 103 Å². The van der Waals surface area contributed by atoms with E-state index in [2.05, 4.69) is 17.6 Å². The fourth-order valence-electron chi connectivity index (χ4n) is 3.53. The van der Waals surface area contributed by atoms with Crippen LogP contribution in [0.25, 0.3) is 6.08 Å². The predicted molar refractivity (Wildman–Crippen MR) is 110 cm³/mol. The average Bonchev–Trinajstić information content (AvgIpc) is 2.97. The summed E-state index contributed by atoms with van der Waals surface area (Å²) in [4.78, 5) is 35.7. The van der Waals surface area contributed by atoms with E-state index in [9.17, 15) is 14.4 Å². The van der Waals surface area contributed by atoms with E-state index in [0.717, 1.165) is 37.7 Å². The van der Waals surface area contributed by atoms with E-state index >= 15 is 0 Å². The minimum Gasteiger partial charge on any atom is -0.490 e. The number of hydrogen-bond donors (Lipinski definition) is 2. The number of urea groups is 1. The largest absolute Gasteiger partial charge is 0.490 e. The highest BCUT2D eigenvalue weighted by molar-refractivity contribution is 5.96. The Balaban J connectivity index is 1.41. The molecule has 8 nitrogen and oxygen atoms in total. The molecule has 3 rings (SSSR count). The first-order chi connectivity index (χ1) is 14.5. The van der Waals surface area contributed by atoms with Gasteiger partial charge in [0.25, 0.3) is 5.91 Å². The lowest BCUT2D eigenvalue weighted by atomic mass is 9.86. The minimum absolute atomic E-state index is 0.0623. The van der Waals surface area contributed by atoms with Gasteiger partial charge in [-0.05, 0) is 42.5 Å². The van der Waals surface area contributed by atoms with Crippen LogP contribution in [0.4, 0.5) is 4.79 Å². The second-order valence-electron chi connectivity index (χ2n) is 7.59. The zero-order valence-electron chi connectivity index (χ0n) is 17.1. The highest BCUT2D eigenvalue weighted by Crippen LogP contribution is 2.30. The lowest BCUT2D eigenvalue weighted by Crippen LogP contribution is -2.48. The molecule has 2 aliphatic rings. The molecule has 1 aromatic carbocycles. The third-order valence-electron chi connectivity index (χ3n) is 5.21. The smallest absolute Gasteiger partial charge is 0.331 e. The highest BCUT2D eigenvalue weighted by atomic mass is 16.5. The normalized spacial score (nSPS) is 20.8. The minimum atomic E-state index is -0.682. The van der Waals surface area contributed by atoms with Gasteiger partial charge in [-0.3, -0.25) is 10.1 Å². The summed E-state index contributed by atoms with van der Waals surface area (Å²) in [5.41, 5.74) is 0.738. The van der Waals surface area contributed by atoms with Gasteiger partial charge in [-0.2, -0.15) is 0 Å². The molecule has 30 heavy (non-hydrogen) atoms. The van der Waals surface area contributed by atoms with Gasteiger partial charge in [0.15, 0.2) is 18.1 Å². The molecule has 2 atom stereocenters. The Morgan fingerprint density at radius 3 is 2.67 bits per heavy atom. The molecule has 0 saturated heterocycles. The number of carbonyl (C=O) groups excluding carboxylic acids is 3. The van der Waals surface area contributed by atoms with E-state index in [1.54, 1.807) is 24.3 Å². The van der Waals surface area contributed by atoms with E-state index in [1.165, 1.54) is 6.08 Å².